The van der Waals surface area contributed by atoms with Crippen molar-refractivity contribution in [3.05, 3.63) is 23.5 Å². The Balaban J connectivity index is 1.68. The number of piperidine rings is 1. The summed E-state index contributed by atoms with van der Waals surface area (Å²) in [4.78, 5) is 2.53. The number of rotatable bonds is 2. The molecule has 3 nitrogen and oxygen atoms in total. The first-order chi connectivity index (χ1) is 11.2. The molecular weight excluding hydrogens is 282 g/mol. The van der Waals surface area contributed by atoms with Crippen LogP contribution in [0.4, 0.5) is 0 Å². The van der Waals surface area contributed by atoms with Crippen LogP contribution < -0.4 is 0 Å². The minimum atomic E-state index is -0.174. The first-order valence-corrected chi connectivity index (χ1v) is 9.47. The average molecular weight is 313 g/mol. The van der Waals surface area contributed by atoms with Gasteiger partial charge < -0.3 is 4.57 Å². The highest BCUT2D eigenvalue weighted by Crippen LogP contribution is 2.36. The van der Waals surface area contributed by atoms with Crippen LogP contribution in [0.2, 0.25) is 0 Å². The molecule has 0 bridgehead atoms. The van der Waals surface area contributed by atoms with Crippen LogP contribution >= 0.6 is 0 Å². The van der Waals surface area contributed by atoms with E-state index in [0.29, 0.717) is 6.04 Å². The van der Waals surface area contributed by atoms with E-state index in [1.807, 2.05) is 0 Å². The van der Waals surface area contributed by atoms with Crippen LogP contribution in [0.15, 0.2) is 12.1 Å². The molecule has 3 heteroatoms. The Labute approximate surface area is 141 Å². The molecule has 2 fully saturated rings. The summed E-state index contributed by atoms with van der Waals surface area (Å²) in [5.74, 6) is 0. The zero-order chi connectivity index (χ0) is 16.3. The van der Waals surface area contributed by atoms with Gasteiger partial charge in [-0.15, -0.1) is 0 Å². The monoisotopic (exact) mass is 313 g/mol. The highest BCUT2D eigenvalue weighted by molar-refractivity contribution is 5.16. The van der Waals surface area contributed by atoms with Crippen LogP contribution in [0.3, 0.4) is 0 Å². The third-order valence-corrected chi connectivity index (χ3v) is 6.15. The Kier molecular flexibility index (Phi) is 5.11. The van der Waals surface area contributed by atoms with Crippen LogP contribution in [0.5, 0.6) is 0 Å². The van der Waals surface area contributed by atoms with Crippen LogP contribution in [0.1, 0.15) is 75.2 Å². The van der Waals surface area contributed by atoms with Crippen LogP contribution in [-0.2, 0) is 0 Å². The zero-order valence-corrected chi connectivity index (χ0v) is 14.9. The Morgan fingerprint density at radius 3 is 2.00 bits per heavy atom. The van der Waals surface area contributed by atoms with E-state index in [0.717, 1.165) is 25.9 Å². The lowest BCUT2D eigenvalue weighted by Gasteiger charge is -2.44. The average Bonchev–Trinajstić information content (AvgIpc) is 2.87. The Morgan fingerprint density at radius 1 is 0.957 bits per heavy atom. The third kappa shape index (κ3) is 3.33. The fourth-order valence-corrected chi connectivity index (χ4v) is 4.80. The van der Waals surface area contributed by atoms with Gasteiger partial charge in [-0.3, -0.25) is 4.90 Å². The van der Waals surface area contributed by atoms with Crippen LogP contribution in [0, 0.1) is 25.2 Å². The molecule has 2 heterocycles. The summed E-state index contributed by atoms with van der Waals surface area (Å²) in [5.41, 5.74) is 2.58. The standard InChI is InChI=1S/C20H31N3/c1-17-8-9-18(2)23(17)19-10-14-22(15-11-19)20(16-21)12-6-4-3-5-7-13-20/h8-9,19H,3-7,10-15H2,1-2H3. The normalized spacial score (nSPS) is 23.9. The van der Waals surface area contributed by atoms with Gasteiger partial charge in [-0.05, 0) is 51.7 Å². The quantitative estimate of drug-likeness (QED) is 0.789. The van der Waals surface area contributed by atoms with Gasteiger partial charge in [0.25, 0.3) is 0 Å². The molecule has 0 atom stereocenters. The van der Waals surface area contributed by atoms with Gasteiger partial charge in [-0.2, -0.15) is 5.26 Å². The lowest BCUT2D eigenvalue weighted by atomic mass is 9.82. The van der Waals surface area contributed by atoms with E-state index in [1.165, 1.54) is 56.3 Å². The molecule has 1 saturated heterocycles. The van der Waals surface area contributed by atoms with E-state index in [-0.39, 0.29) is 5.54 Å². The lowest BCUT2D eigenvalue weighted by Crippen LogP contribution is -2.51. The van der Waals surface area contributed by atoms with Gasteiger partial charge in [-0.25, -0.2) is 0 Å². The molecule has 1 saturated carbocycles. The predicted molar refractivity (Wildman–Crippen MR) is 94.4 cm³/mol. The van der Waals surface area contributed by atoms with Gasteiger partial charge >= 0.3 is 0 Å². The minimum Gasteiger partial charge on any atom is -0.346 e. The molecule has 1 aromatic heterocycles. The Morgan fingerprint density at radius 2 is 1.48 bits per heavy atom. The Bertz CT molecular complexity index is 530. The van der Waals surface area contributed by atoms with Gasteiger partial charge in [0.05, 0.1) is 6.07 Å². The molecule has 126 valence electrons. The van der Waals surface area contributed by atoms with Crippen molar-refractivity contribution >= 4 is 0 Å². The molecule has 1 aliphatic carbocycles. The maximum Gasteiger partial charge on any atom is 0.109 e. The maximum atomic E-state index is 9.95. The molecule has 0 unspecified atom stereocenters. The Hall–Kier alpha value is -1.27. The summed E-state index contributed by atoms with van der Waals surface area (Å²) in [7, 11) is 0. The fraction of sp³-hybridized carbons (Fsp3) is 0.750. The highest BCUT2D eigenvalue weighted by Gasteiger charge is 2.38. The second kappa shape index (κ2) is 7.09. The summed E-state index contributed by atoms with van der Waals surface area (Å²) in [5, 5.41) is 9.95. The molecule has 0 spiro atoms. The summed E-state index contributed by atoms with van der Waals surface area (Å²) in [6.45, 7) is 6.58. The van der Waals surface area contributed by atoms with E-state index in [4.69, 9.17) is 0 Å². The fourth-order valence-electron chi connectivity index (χ4n) is 4.80. The molecule has 0 amide bonds. The number of aryl methyl sites for hydroxylation is 2. The third-order valence-electron chi connectivity index (χ3n) is 6.15. The molecule has 1 aromatic rings. The summed E-state index contributed by atoms with van der Waals surface area (Å²) >= 11 is 0. The van der Waals surface area contributed by atoms with Crippen molar-refractivity contribution in [2.45, 2.75) is 83.2 Å². The number of nitrogens with zero attached hydrogens (tertiary/aromatic N) is 3. The second-order valence-electron chi connectivity index (χ2n) is 7.62. The largest absolute Gasteiger partial charge is 0.346 e. The van der Waals surface area contributed by atoms with E-state index in [9.17, 15) is 5.26 Å². The van der Waals surface area contributed by atoms with E-state index in [1.54, 1.807) is 0 Å². The number of nitriles is 1. The molecule has 3 rings (SSSR count). The summed E-state index contributed by atoms with van der Waals surface area (Å²) in [6.07, 6.45) is 10.9. The molecule has 1 aliphatic heterocycles. The molecule has 0 radical (unpaired) electrons. The number of hydrogen-bond acceptors (Lipinski definition) is 2. The highest BCUT2D eigenvalue weighted by atomic mass is 15.2. The lowest BCUT2D eigenvalue weighted by molar-refractivity contribution is 0.0690. The van der Waals surface area contributed by atoms with Gasteiger partial charge in [0, 0.05) is 30.5 Å². The van der Waals surface area contributed by atoms with Gasteiger partial charge in [0.2, 0.25) is 0 Å². The second-order valence-corrected chi connectivity index (χ2v) is 7.62. The van der Waals surface area contributed by atoms with Gasteiger partial charge in [-0.1, -0.05) is 32.1 Å². The van der Waals surface area contributed by atoms with Crippen LogP contribution in [-0.4, -0.2) is 28.1 Å². The van der Waals surface area contributed by atoms with Crippen molar-refractivity contribution in [2.75, 3.05) is 13.1 Å². The van der Waals surface area contributed by atoms with Crippen LogP contribution in [0.25, 0.3) is 0 Å². The zero-order valence-electron chi connectivity index (χ0n) is 14.9. The van der Waals surface area contributed by atoms with Crippen molar-refractivity contribution < 1.29 is 0 Å². The van der Waals surface area contributed by atoms with Crippen molar-refractivity contribution in [1.82, 2.24) is 9.47 Å². The molecule has 0 N–H and O–H groups in total. The molecule has 0 aromatic carbocycles. The van der Waals surface area contributed by atoms with E-state index >= 15 is 0 Å². The predicted octanol–water partition coefficient (Wildman–Crippen LogP) is 4.75. The number of likely N-dealkylation sites (tertiary alicyclic amines) is 1. The van der Waals surface area contributed by atoms with E-state index in [2.05, 4.69) is 41.5 Å². The maximum absolute atomic E-state index is 9.95. The van der Waals surface area contributed by atoms with Crippen molar-refractivity contribution in [1.29, 1.82) is 5.26 Å². The first-order valence-electron chi connectivity index (χ1n) is 9.47. The molecular formula is C20H31N3. The topological polar surface area (TPSA) is 32.0 Å². The SMILES string of the molecule is Cc1ccc(C)n1C1CCN(C2(C#N)CCCCCCC2)CC1. The number of hydrogen-bond donors (Lipinski definition) is 0. The van der Waals surface area contributed by atoms with Crippen molar-refractivity contribution in [2.24, 2.45) is 0 Å². The number of aromatic nitrogens is 1. The molecule has 23 heavy (non-hydrogen) atoms. The van der Waals surface area contributed by atoms with Crippen molar-refractivity contribution in [3.8, 4) is 6.07 Å². The summed E-state index contributed by atoms with van der Waals surface area (Å²) in [6, 6.07) is 7.82. The minimum absolute atomic E-state index is 0.174. The summed E-state index contributed by atoms with van der Waals surface area (Å²) < 4.78 is 2.51. The smallest absolute Gasteiger partial charge is 0.109 e. The first kappa shape index (κ1) is 16.6. The van der Waals surface area contributed by atoms with Gasteiger partial charge in [0.15, 0.2) is 0 Å². The molecule has 2 aliphatic rings. The van der Waals surface area contributed by atoms with E-state index < -0.39 is 0 Å². The van der Waals surface area contributed by atoms with Crippen molar-refractivity contribution in [3.63, 3.8) is 0 Å². The van der Waals surface area contributed by atoms with Gasteiger partial charge in [0.1, 0.15) is 5.54 Å².